The van der Waals surface area contributed by atoms with Crippen molar-refractivity contribution in [1.82, 2.24) is 10.2 Å². The highest BCUT2D eigenvalue weighted by molar-refractivity contribution is 6.07. The average molecular weight is 274 g/mol. The zero-order valence-electron chi connectivity index (χ0n) is 11.8. The number of rotatable bonds is 4. The Morgan fingerprint density at radius 1 is 1.35 bits per heavy atom. The highest BCUT2D eigenvalue weighted by Gasteiger charge is 2.41. The molecule has 0 aliphatic carbocycles. The van der Waals surface area contributed by atoms with E-state index < -0.39 is 12.0 Å². The maximum Gasteiger partial charge on any atom is 0.338 e. The molecule has 1 amide bonds. The van der Waals surface area contributed by atoms with Crippen LogP contribution in [0.5, 0.6) is 0 Å². The van der Waals surface area contributed by atoms with Crippen LogP contribution >= 0.6 is 0 Å². The van der Waals surface area contributed by atoms with E-state index in [9.17, 15) is 9.59 Å². The van der Waals surface area contributed by atoms with Gasteiger partial charge in [-0.25, -0.2) is 4.79 Å². The number of nitrogens with zero attached hydrogens (tertiary/aromatic N) is 1. The van der Waals surface area contributed by atoms with Gasteiger partial charge in [0.25, 0.3) is 5.91 Å². The van der Waals surface area contributed by atoms with Gasteiger partial charge < -0.3 is 15.0 Å². The lowest BCUT2D eigenvalue weighted by molar-refractivity contribution is -0.139. The molecule has 1 heterocycles. The van der Waals surface area contributed by atoms with E-state index >= 15 is 0 Å². The molecule has 1 atom stereocenters. The normalized spacial score (nSPS) is 18.4. The second-order valence-corrected chi connectivity index (χ2v) is 4.49. The van der Waals surface area contributed by atoms with Crippen LogP contribution in [0.25, 0.3) is 0 Å². The van der Waals surface area contributed by atoms with Gasteiger partial charge in [0, 0.05) is 14.1 Å². The third-order valence-electron chi connectivity index (χ3n) is 3.32. The predicted octanol–water partition coefficient (Wildman–Crippen LogP) is 1.24. The Morgan fingerprint density at radius 2 is 2.00 bits per heavy atom. The van der Waals surface area contributed by atoms with Crippen LogP contribution in [0.15, 0.2) is 41.6 Å². The van der Waals surface area contributed by atoms with Crippen LogP contribution in [0.1, 0.15) is 18.5 Å². The first-order valence-corrected chi connectivity index (χ1v) is 6.53. The second kappa shape index (κ2) is 5.77. The zero-order valence-corrected chi connectivity index (χ0v) is 11.8. The number of hydrogen-bond acceptors (Lipinski definition) is 4. The zero-order chi connectivity index (χ0) is 14.7. The van der Waals surface area contributed by atoms with Gasteiger partial charge in [-0.1, -0.05) is 30.3 Å². The lowest BCUT2D eigenvalue weighted by Crippen LogP contribution is -2.28. The minimum atomic E-state index is -0.455. The van der Waals surface area contributed by atoms with Crippen LogP contribution in [0.4, 0.5) is 0 Å². The standard InChI is InChI=1S/C15H18N2O3/c1-4-20-15(19)11-12(16-2)14(18)17(3)13(11)10-8-6-5-7-9-10/h5-9,13,16H,4H2,1-3H3. The highest BCUT2D eigenvalue weighted by Crippen LogP contribution is 2.36. The van der Waals surface area contributed by atoms with Crippen molar-refractivity contribution in [3.63, 3.8) is 0 Å². The van der Waals surface area contributed by atoms with E-state index in [1.807, 2.05) is 30.3 Å². The predicted molar refractivity (Wildman–Crippen MR) is 74.7 cm³/mol. The second-order valence-electron chi connectivity index (χ2n) is 4.49. The number of esters is 1. The monoisotopic (exact) mass is 274 g/mol. The molecule has 5 nitrogen and oxygen atoms in total. The maximum atomic E-state index is 12.2. The van der Waals surface area contributed by atoms with Gasteiger partial charge in [0.1, 0.15) is 5.70 Å². The van der Waals surface area contributed by atoms with Crippen molar-refractivity contribution in [2.75, 3.05) is 20.7 Å². The lowest BCUT2D eigenvalue weighted by atomic mass is 9.99. The van der Waals surface area contributed by atoms with E-state index in [1.54, 1.807) is 25.9 Å². The van der Waals surface area contributed by atoms with Gasteiger partial charge in [-0.05, 0) is 12.5 Å². The molecule has 1 aromatic rings. The number of amides is 1. The maximum absolute atomic E-state index is 12.2. The van der Waals surface area contributed by atoms with E-state index in [2.05, 4.69) is 5.32 Å². The van der Waals surface area contributed by atoms with Gasteiger partial charge in [0.05, 0.1) is 18.2 Å². The van der Waals surface area contributed by atoms with Crippen LogP contribution in [0.3, 0.4) is 0 Å². The average Bonchev–Trinajstić information content (AvgIpc) is 2.72. The fraction of sp³-hybridized carbons (Fsp3) is 0.333. The number of likely N-dealkylation sites (N-methyl/N-ethyl adjacent to an activating group) is 2. The number of benzene rings is 1. The highest BCUT2D eigenvalue weighted by atomic mass is 16.5. The lowest BCUT2D eigenvalue weighted by Gasteiger charge is -2.22. The fourth-order valence-corrected chi connectivity index (χ4v) is 2.43. The summed E-state index contributed by atoms with van der Waals surface area (Å²) in [6, 6.07) is 9.04. The van der Waals surface area contributed by atoms with Crippen molar-refractivity contribution in [1.29, 1.82) is 0 Å². The van der Waals surface area contributed by atoms with Gasteiger partial charge in [0.15, 0.2) is 0 Å². The Balaban J connectivity index is 2.51. The largest absolute Gasteiger partial charge is 0.463 e. The molecule has 0 fully saturated rings. The van der Waals surface area contributed by atoms with Crippen molar-refractivity contribution in [2.45, 2.75) is 13.0 Å². The van der Waals surface area contributed by atoms with Gasteiger partial charge in [-0.3, -0.25) is 4.79 Å². The minimum absolute atomic E-state index is 0.204. The molecule has 106 valence electrons. The van der Waals surface area contributed by atoms with Crippen molar-refractivity contribution >= 4 is 11.9 Å². The molecular weight excluding hydrogens is 256 g/mol. The van der Waals surface area contributed by atoms with E-state index in [0.717, 1.165) is 5.56 Å². The Morgan fingerprint density at radius 3 is 2.55 bits per heavy atom. The van der Waals surface area contributed by atoms with E-state index in [1.165, 1.54) is 0 Å². The first-order valence-electron chi connectivity index (χ1n) is 6.53. The molecule has 0 bridgehead atoms. The van der Waals surface area contributed by atoms with Gasteiger partial charge in [-0.15, -0.1) is 0 Å². The summed E-state index contributed by atoms with van der Waals surface area (Å²) in [5.74, 6) is -0.659. The third kappa shape index (κ3) is 2.27. The molecule has 1 aliphatic rings. The first-order chi connectivity index (χ1) is 9.61. The van der Waals surface area contributed by atoms with Crippen molar-refractivity contribution in [2.24, 2.45) is 0 Å². The summed E-state index contributed by atoms with van der Waals surface area (Å²) in [5, 5.41) is 2.82. The molecule has 1 aliphatic heterocycles. The van der Waals surface area contributed by atoms with Gasteiger partial charge in [-0.2, -0.15) is 0 Å². The van der Waals surface area contributed by atoms with Crippen LogP contribution in [-0.2, 0) is 14.3 Å². The molecule has 0 aromatic heterocycles. The minimum Gasteiger partial charge on any atom is -0.463 e. The van der Waals surface area contributed by atoms with E-state index in [0.29, 0.717) is 11.3 Å². The summed E-state index contributed by atoms with van der Waals surface area (Å²) in [6.45, 7) is 2.02. The summed E-state index contributed by atoms with van der Waals surface area (Å²) in [7, 11) is 3.32. The molecule has 1 N–H and O–H groups in total. The quantitative estimate of drug-likeness (QED) is 0.839. The molecule has 1 unspecified atom stereocenters. The molecule has 20 heavy (non-hydrogen) atoms. The number of hydrogen-bond donors (Lipinski definition) is 1. The van der Waals surface area contributed by atoms with Gasteiger partial charge in [0.2, 0.25) is 0 Å². The molecule has 0 radical (unpaired) electrons. The summed E-state index contributed by atoms with van der Waals surface area (Å²) in [5.41, 5.74) is 1.56. The number of nitrogens with one attached hydrogen (secondary N) is 1. The van der Waals surface area contributed by atoms with E-state index in [4.69, 9.17) is 4.74 Å². The van der Waals surface area contributed by atoms with Crippen LogP contribution in [-0.4, -0.2) is 37.5 Å². The molecule has 1 aromatic carbocycles. The van der Waals surface area contributed by atoms with Gasteiger partial charge >= 0.3 is 5.97 Å². The van der Waals surface area contributed by atoms with Crippen LogP contribution in [0, 0.1) is 0 Å². The molecule has 0 saturated carbocycles. The summed E-state index contributed by atoms with van der Waals surface area (Å²) < 4.78 is 5.09. The number of carbonyl (C=O) groups is 2. The molecule has 0 spiro atoms. The first kappa shape index (κ1) is 14.1. The van der Waals surface area contributed by atoms with Crippen LogP contribution in [0.2, 0.25) is 0 Å². The number of carbonyl (C=O) groups excluding carboxylic acids is 2. The fourth-order valence-electron chi connectivity index (χ4n) is 2.43. The Bertz CT molecular complexity index is 551. The Hall–Kier alpha value is -2.30. The SMILES string of the molecule is CCOC(=O)C1=C(NC)C(=O)N(C)C1c1ccccc1. The van der Waals surface area contributed by atoms with E-state index in [-0.39, 0.29) is 12.5 Å². The molecule has 2 rings (SSSR count). The molecular formula is C15H18N2O3. The van der Waals surface area contributed by atoms with Crippen molar-refractivity contribution in [3.8, 4) is 0 Å². The summed E-state index contributed by atoms with van der Waals surface area (Å²) >= 11 is 0. The van der Waals surface area contributed by atoms with Crippen molar-refractivity contribution in [3.05, 3.63) is 47.2 Å². The Labute approximate surface area is 118 Å². The Kier molecular flexibility index (Phi) is 4.08. The number of ether oxygens (including phenoxy) is 1. The topological polar surface area (TPSA) is 58.6 Å². The third-order valence-corrected chi connectivity index (χ3v) is 3.32. The molecule has 0 saturated heterocycles. The van der Waals surface area contributed by atoms with Crippen molar-refractivity contribution < 1.29 is 14.3 Å². The smallest absolute Gasteiger partial charge is 0.338 e. The summed E-state index contributed by atoms with van der Waals surface area (Å²) in [6.07, 6.45) is 0. The molecule has 5 heteroatoms. The summed E-state index contributed by atoms with van der Waals surface area (Å²) in [4.78, 5) is 26.0. The van der Waals surface area contributed by atoms with Crippen LogP contribution < -0.4 is 5.32 Å².